The zero-order valence-corrected chi connectivity index (χ0v) is 19.1. The molecule has 1 aliphatic rings. The van der Waals surface area contributed by atoms with E-state index in [1.165, 1.54) is 0 Å². The van der Waals surface area contributed by atoms with Crippen LogP contribution in [0.3, 0.4) is 0 Å². The van der Waals surface area contributed by atoms with Gasteiger partial charge in [-0.05, 0) is 48.7 Å². The molecule has 0 spiro atoms. The fourth-order valence-electron chi connectivity index (χ4n) is 3.39. The summed E-state index contributed by atoms with van der Waals surface area (Å²) in [6, 6.07) is 15.8. The predicted molar refractivity (Wildman–Crippen MR) is 130 cm³/mol. The first-order chi connectivity index (χ1) is 15.5. The van der Waals surface area contributed by atoms with Gasteiger partial charge in [-0.1, -0.05) is 38.1 Å². The number of carbonyl (C=O) groups is 2. The second-order valence-corrected chi connectivity index (χ2v) is 8.20. The molecule has 0 radical (unpaired) electrons. The molecular weight excluding hydrogens is 402 g/mol. The predicted octanol–water partition coefficient (Wildman–Crippen LogP) is 3.66. The van der Waals surface area contributed by atoms with Gasteiger partial charge < -0.3 is 20.9 Å². The van der Waals surface area contributed by atoms with Crippen molar-refractivity contribution in [2.24, 2.45) is 10.9 Å². The maximum atomic E-state index is 11.9. The van der Waals surface area contributed by atoms with Crippen LogP contribution in [-0.4, -0.2) is 30.9 Å². The highest BCUT2D eigenvalue weighted by Gasteiger charge is 2.21. The third kappa shape index (κ3) is 6.57. The molecule has 1 heterocycles. The summed E-state index contributed by atoms with van der Waals surface area (Å²) in [7, 11) is 0. The Hall–Kier alpha value is -3.35. The number of benzene rings is 2. The Morgan fingerprint density at radius 1 is 1.03 bits per heavy atom. The summed E-state index contributed by atoms with van der Waals surface area (Å²) in [4.78, 5) is 30.2. The minimum atomic E-state index is -0.0471. The largest absolute Gasteiger partial charge is 0.357 e. The van der Waals surface area contributed by atoms with E-state index in [-0.39, 0.29) is 17.7 Å². The summed E-state index contributed by atoms with van der Waals surface area (Å²) in [6.07, 6.45) is 1.57. The normalized spacial score (nSPS) is 14.1. The second-order valence-electron chi connectivity index (χ2n) is 8.20. The van der Waals surface area contributed by atoms with Crippen molar-refractivity contribution in [3.05, 3.63) is 59.7 Å². The molecule has 7 nitrogen and oxygen atoms in total. The molecular formula is C25H33N5O2. The average molecular weight is 436 g/mol. The molecule has 2 aromatic rings. The number of aliphatic imine (C=N–C) groups is 1. The maximum absolute atomic E-state index is 11.9. The van der Waals surface area contributed by atoms with Gasteiger partial charge in [-0.15, -0.1) is 0 Å². The number of anilines is 2. The van der Waals surface area contributed by atoms with E-state index in [9.17, 15) is 9.59 Å². The average Bonchev–Trinajstić information content (AvgIpc) is 3.22. The number of hydrogen-bond acceptors (Lipinski definition) is 3. The molecule has 0 bridgehead atoms. The zero-order valence-electron chi connectivity index (χ0n) is 19.1. The molecule has 1 saturated heterocycles. The second kappa shape index (κ2) is 11.3. The fourth-order valence-corrected chi connectivity index (χ4v) is 3.39. The third-order valence-corrected chi connectivity index (χ3v) is 5.29. The lowest BCUT2D eigenvalue weighted by Crippen LogP contribution is -2.36. The smallest absolute Gasteiger partial charge is 0.227 e. The summed E-state index contributed by atoms with van der Waals surface area (Å²) in [6.45, 7) is 8.52. The van der Waals surface area contributed by atoms with E-state index in [1.54, 1.807) is 0 Å². The van der Waals surface area contributed by atoms with Crippen molar-refractivity contribution in [2.45, 2.75) is 46.7 Å². The molecule has 170 valence electrons. The Bertz CT molecular complexity index is 936. The van der Waals surface area contributed by atoms with Gasteiger partial charge in [0.25, 0.3) is 0 Å². The molecule has 3 rings (SSSR count). The van der Waals surface area contributed by atoms with E-state index in [1.807, 2.05) is 74.2 Å². The van der Waals surface area contributed by atoms with E-state index in [4.69, 9.17) is 0 Å². The SMILES string of the molecule is CCNC(=NCc1ccc(N2CCCC2=O)cc1)NCc1ccc(NC(=O)C(C)C)cc1. The molecule has 2 amide bonds. The first-order valence-electron chi connectivity index (χ1n) is 11.3. The van der Waals surface area contributed by atoms with Crippen molar-refractivity contribution in [2.75, 3.05) is 23.3 Å². The molecule has 7 heteroatoms. The minimum Gasteiger partial charge on any atom is -0.357 e. The van der Waals surface area contributed by atoms with Gasteiger partial charge in [0, 0.05) is 43.3 Å². The Balaban J connectivity index is 1.54. The van der Waals surface area contributed by atoms with Crippen LogP contribution >= 0.6 is 0 Å². The van der Waals surface area contributed by atoms with Crippen molar-refractivity contribution in [3.8, 4) is 0 Å². The van der Waals surface area contributed by atoms with Crippen molar-refractivity contribution in [3.63, 3.8) is 0 Å². The molecule has 3 N–H and O–H groups in total. The molecule has 32 heavy (non-hydrogen) atoms. The van der Waals surface area contributed by atoms with Gasteiger partial charge >= 0.3 is 0 Å². The number of guanidine groups is 1. The Morgan fingerprint density at radius 2 is 1.72 bits per heavy atom. The zero-order chi connectivity index (χ0) is 22.9. The molecule has 2 aromatic carbocycles. The molecule has 0 aliphatic carbocycles. The fraction of sp³-hybridized carbons (Fsp3) is 0.400. The lowest BCUT2D eigenvalue weighted by Gasteiger charge is -2.16. The van der Waals surface area contributed by atoms with E-state index < -0.39 is 0 Å². The van der Waals surface area contributed by atoms with E-state index in [2.05, 4.69) is 20.9 Å². The van der Waals surface area contributed by atoms with Gasteiger partial charge in [0.1, 0.15) is 0 Å². The standard InChI is InChI=1S/C25H33N5O2/c1-4-26-25(27-16-19-7-11-21(12-8-19)29-24(32)18(2)3)28-17-20-9-13-22(14-10-20)30-15-5-6-23(30)31/h7-14,18H,4-6,15-17H2,1-3H3,(H,29,32)(H2,26,27,28). The van der Waals surface area contributed by atoms with Gasteiger partial charge in [-0.2, -0.15) is 0 Å². The van der Waals surface area contributed by atoms with Gasteiger partial charge in [-0.3, -0.25) is 9.59 Å². The van der Waals surface area contributed by atoms with Crippen LogP contribution in [-0.2, 0) is 22.7 Å². The number of amides is 2. The summed E-state index contributed by atoms with van der Waals surface area (Å²) < 4.78 is 0. The molecule has 0 saturated carbocycles. The van der Waals surface area contributed by atoms with Crippen LogP contribution in [0.15, 0.2) is 53.5 Å². The number of nitrogens with one attached hydrogen (secondary N) is 3. The van der Waals surface area contributed by atoms with Crippen molar-refractivity contribution < 1.29 is 9.59 Å². The van der Waals surface area contributed by atoms with Crippen LogP contribution in [0, 0.1) is 5.92 Å². The highest BCUT2D eigenvalue weighted by molar-refractivity contribution is 5.95. The van der Waals surface area contributed by atoms with Crippen molar-refractivity contribution in [1.82, 2.24) is 10.6 Å². The van der Waals surface area contributed by atoms with Crippen molar-refractivity contribution >= 4 is 29.1 Å². The van der Waals surface area contributed by atoms with E-state index in [0.717, 1.165) is 48.0 Å². The lowest BCUT2D eigenvalue weighted by molar-refractivity contribution is -0.119. The van der Waals surface area contributed by atoms with Gasteiger partial charge in [-0.25, -0.2) is 4.99 Å². The molecule has 0 aromatic heterocycles. The van der Waals surface area contributed by atoms with Crippen LogP contribution in [0.4, 0.5) is 11.4 Å². The Labute approximate surface area is 190 Å². The highest BCUT2D eigenvalue weighted by Crippen LogP contribution is 2.21. The van der Waals surface area contributed by atoms with Crippen LogP contribution in [0.1, 0.15) is 44.7 Å². The van der Waals surface area contributed by atoms with Gasteiger partial charge in [0.05, 0.1) is 6.54 Å². The molecule has 0 unspecified atom stereocenters. The highest BCUT2D eigenvalue weighted by atomic mass is 16.2. The van der Waals surface area contributed by atoms with Crippen LogP contribution < -0.4 is 20.9 Å². The van der Waals surface area contributed by atoms with Crippen LogP contribution in [0.2, 0.25) is 0 Å². The molecule has 1 aliphatic heterocycles. The van der Waals surface area contributed by atoms with Crippen LogP contribution in [0.5, 0.6) is 0 Å². The number of hydrogen-bond donors (Lipinski definition) is 3. The first-order valence-corrected chi connectivity index (χ1v) is 11.3. The van der Waals surface area contributed by atoms with Gasteiger partial charge in [0.2, 0.25) is 11.8 Å². The maximum Gasteiger partial charge on any atom is 0.227 e. The topological polar surface area (TPSA) is 85.8 Å². The number of carbonyl (C=O) groups excluding carboxylic acids is 2. The van der Waals surface area contributed by atoms with E-state index in [0.29, 0.717) is 19.5 Å². The quantitative estimate of drug-likeness (QED) is 0.436. The monoisotopic (exact) mass is 435 g/mol. The first kappa shape index (κ1) is 23.3. The summed E-state index contributed by atoms with van der Waals surface area (Å²) in [5.74, 6) is 0.903. The summed E-state index contributed by atoms with van der Waals surface area (Å²) >= 11 is 0. The third-order valence-electron chi connectivity index (χ3n) is 5.29. The van der Waals surface area contributed by atoms with Crippen LogP contribution in [0.25, 0.3) is 0 Å². The van der Waals surface area contributed by atoms with Crippen molar-refractivity contribution in [1.29, 1.82) is 0 Å². The Morgan fingerprint density at radius 3 is 2.31 bits per heavy atom. The summed E-state index contributed by atoms with van der Waals surface area (Å²) in [5.41, 5.74) is 3.94. The van der Waals surface area contributed by atoms with Gasteiger partial charge in [0.15, 0.2) is 5.96 Å². The number of nitrogens with zero attached hydrogens (tertiary/aromatic N) is 2. The number of rotatable bonds is 8. The molecule has 0 atom stereocenters. The lowest BCUT2D eigenvalue weighted by atomic mass is 10.1. The minimum absolute atomic E-state index is 0.0116. The Kier molecular flexibility index (Phi) is 8.25. The summed E-state index contributed by atoms with van der Waals surface area (Å²) in [5, 5.41) is 9.51. The molecule has 1 fully saturated rings. The van der Waals surface area contributed by atoms with E-state index >= 15 is 0 Å².